The molecule has 2 aliphatic rings. The second-order valence-electron chi connectivity index (χ2n) is 7.59. The van der Waals surface area contributed by atoms with Crippen LogP contribution in [0.4, 0.5) is 0 Å². The molecule has 2 fully saturated rings. The van der Waals surface area contributed by atoms with Crippen LogP contribution in [-0.4, -0.2) is 30.6 Å². The molecule has 1 aromatic carbocycles. The van der Waals surface area contributed by atoms with E-state index in [-0.39, 0.29) is 0 Å². The highest BCUT2D eigenvalue weighted by Crippen LogP contribution is 2.40. The van der Waals surface area contributed by atoms with Crippen LogP contribution in [0.3, 0.4) is 0 Å². The lowest BCUT2D eigenvalue weighted by atomic mass is 9.96. The minimum atomic E-state index is 0.558. The summed E-state index contributed by atoms with van der Waals surface area (Å²) in [6.45, 7) is 10.7. The predicted octanol–water partition coefficient (Wildman–Crippen LogP) is 3.70. The molecule has 0 radical (unpaired) electrons. The SMILES string of the molecule is CC(C)CC1CN(CC2CC2C)C(c2ccccc2)CN1. The molecule has 4 atom stereocenters. The minimum absolute atomic E-state index is 0.558. The van der Waals surface area contributed by atoms with Crippen molar-refractivity contribution in [3.05, 3.63) is 35.9 Å². The monoisotopic (exact) mass is 286 g/mol. The van der Waals surface area contributed by atoms with Crippen molar-refractivity contribution in [2.75, 3.05) is 19.6 Å². The van der Waals surface area contributed by atoms with Crippen LogP contribution < -0.4 is 5.32 Å². The number of piperazine rings is 1. The fourth-order valence-electron chi connectivity index (χ4n) is 3.77. The summed E-state index contributed by atoms with van der Waals surface area (Å²) >= 11 is 0. The molecule has 1 aliphatic heterocycles. The maximum Gasteiger partial charge on any atom is 0.0473 e. The fourth-order valence-corrected chi connectivity index (χ4v) is 3.77. The molecule has 1 aliphatic carbocycles. The van der Waals surface area contributed by atoms with Gasteiger partial charge in [0.1, 0.15) is 0 Å². The van der Waals surface area contributed by atoms with E-state index in [4.69, 9.17) is 0 Å². The van der Waals surface area contributed by atoms with Crippen LogP contribution in [0.25, 0.3) is 0 Å². The van der Waals surface area contributed by atoms with E-state index in [2.05, 4.69) is 61.3 Å². The summed E-state index contributed by atoms with van der Waals surface area (Å²) in [5.74, 6) is 2.66. The Kier molecular flexibility index (Phi) is 4.66. The van der Waals surface area contributed by atoms with Crippen molar-refractivity contribution < 1.29 is 0 Å². The van der Waals surface area contributed by atoms with Crippen molar-refractivity contribution >= 4 is 0 Å². The second-order valence-corrected chi connectivity index (χ2v) is 7.59. The van der Waals surface area contributed by atoms with Gasteiger partial charge in [0.2, 0.25) is 0 Å². The van der Waals surface area contributed by atoms with Crippen LogP contribution in [0, 0.1) is 17.8 Å². The summed E-state index contributed by atoms with van der Waals surface area (Å²) in [4.78, 5) is 2.76. The second kappa shape index (κ2) is 6.50. The normalized spacial score (nSPS) is 33.3. The standard InChI is InChI=1S/C19H30N2/c1-14(2)9-18-13-21(12-17-10-15(17)3)19(11-20-18)16-7-5-4-6-8-16/h4-8,14-15,17-20H,9-13H2,1-3H3. The predicted molar refractivity (Wildman–Crippen MR) is 89.3 cm³/mol. The molecule has 1 saturated carbocycles. The van der Waals surface area contributed by atoms with Gasteiger partial charge in [0.25, 0.3) is 0 Å². The summed E-state index contributed by atoms with van der Waals surface area (Å²) in [5, 5.41) is 3.79. The van der Waals surface area contributed by atoms with Gasteiger partial charge in [-0.1, -0.05) is 51.1 Å². The molecule has 0 spiro atoms. The molecule has 1 aromatic rings. The van der Waals surface area contributed by atoms with Gasteiger partial charge in [0, 0.05) is 31.7 Å². The van der Waals surface area contributed by atoms with E-state index in [1.54, 1.807) is 0 Å². The first-order valence-corrected chi connectivity index (χ1v) is 8.66. The Labute approximate surface area is 129 Å². The Morgan fingerprint density at radius 3 is 2.57 bits per heavy atom. The maximum absolute atomic E-state index is 3.79. The minimum Gasteiger partial charge on any atom is -0.311 e. The molecule has 21 heavy (non-hydrogen) atoms. The van der Waals surface area contributed by atoms with Crippen LogP contribution in [-0.2, 0) is 0 Å². The third kappa shape index (κ3) is 3.87. The van der Waals surface area contributed by atoms with E-state index in [0.29, 0.717) is 12.1 Å². The molecule has 116 valence electrons. The van der Waals surface area contributed by atoms with Crippen molar-refractivity contribution in [1.29, 1.82) is 0 Å². The Morgan fingerprint density at radius 2 is 1.95 bits per heavy atom. The summed E-state index contributed by atoms with van der Waals surface area (Å²) in [6, 6.07) is 12.3. The van der Waals surface area contributed by atoms with Gasteiger partial charge in [-0.05, 0) is 36.2 Å². The maximum atomic E-state index is 3.79. The summed E-state index contributed by atoms with van der Waals surface area (Å²) in [5.41, 5.74) is 1.47. The topological polar surface area (TPSA) is 15.3 Å². The third-order valence-corrected chi connectivity index (χ3v) is 5.18. The fraction of sp³-hybridized carbons (Fsp3) is 0.684. The Hall–Kier alpha value is -0.860. The molecule has 2 heteroatoms. The zero-order chi connectivity index (χ0) is 14.8. The van der Waals surface area contributed by atoms with E-state index in [1.807, 2.05) is 0 Å². The van der Waals surface area contributed by atoms with Crippen LogP contribution in [0.15, 0.2) is 30.3 Å². The number of nitrogens with one attached hydrogen (secondary N) is 1. The molecular weight excluding hydrogens is 256 g/mol. The molecular formula is C19H30N2. The summed E-state index contributed by atoms with van der Waals surface area (Å²) < 4.78 is 0. The molecule has 1 heterocycles. The quantitative estimate of drug-likeness (QED) is 0.888. The summed E-state index contributed by atoms with van der Waals surface area (Å²) in [7, 11) is 0. The van der Waals surface area contributed by atoms with E-state index in [0.717, 1.165) is 24.3 Å². The highest BCUT2D eigenvalue weighted by molar-refractivity contribution is 5.20. The van der Waals surface area contributed by atoms with Crippen LogP contribution in [0.1, 0.15) is 45.2 Å². The van der Waals surface area contributed by atoms with Crippen molar-refractivity contribution in [3.63, 3.8) is 0 Å². The molecule has 1 N–H and O–H groups in total. The molecule has 4 unspecified atom stereocenters. The van der Waals surface area contributed by atoms with E-state index < -0.39 is 0 Å². The Bertz CT molecular complexity index is 442. The summed E-state index contributed by atoms with van der Waals surface area (Å²) in [6.07, 6.45) is 2.72. The van der Waals surface area contributed by atoms with Gasteiger partial charge in [0.15, 0.2) is 0 Å². The van der Waals surface area contributed by atoms with Gasteiger partial charge in [-0.15, -0.1) is 0 Å². The highest BCUT2D eigenvalue weighted by Gasteiger charge is 2.38. The number of benzene rings is 1. The van der Waals surface area contributed by atoms with Crippen LogP contribution in [0.2, 0.25) is 0 Å². The third-order valence-electron chi connectivity index (χ3n) is 5.18. The smallest absolute Gasteiger partial charge is 0.0473 e. The van der Waals surface area contributed by atoms with Gasteiger partial charge in [-0.25, -0.2) is 0 Å². The molecule has 0 bridgehead atoms. The van der Waals surface area contributed by atoms with Gasteiger partial charge >= 0.3 is 0 Å². The molecule has 2 nitrogen and oxygen atoms in total. The lowest BCUT2D eigenvalue weighted by Gasteiger charge is -2.41. The first-order chi connectivity index (χ1) is 10.1. The van der Waals surface area contributed by atoms with Crippen LogP contribution in [0.5, 0.6) is 0 Å². The van der Waals surface area contributed by atoms with Crippen molar-refractivity contribution in [2.45, 2.75) is 45.7 Å². The lowest BCUT2D eigenvalue weighted by molar-refractivity contribution is 0.115. The Morgan fingerprint density at radius 1 is 1.24 bits per heavy atom. The van der Waals surface area contributed by atoms with E-state index >= 15 is 0 Å². The molecule has 0 amide bonds. The molecule has 3 rings (SSSR count). The Balaban J connectivity index is 1.69. The van der Waals surface area contributed by atoms with Crippen molar-refractivity contribution in [3.8, 4) is 0 Å². The zero-order valence-corrected chi connectivity index (χ0v) is 13.8. The van der Waals surface area contributed by atoms with E-state index in [1.165, 1.54) is 31.5 Å². The number of hydrogen-bond donors (Lipinski definition) is 1. The van der Waals surface area contributed by atoms with Crippen molar-refractivity contribution in [2.24, 2.45) is 17.8 Å². The zero-order valence-electron chi connectivity index (χ0n) is 13.8. The van der Waals surface area contributed by atoms with Crippen molar-refractivity contribution in [1.82, 2.24) is 10.2 Å². The largest absolute Gasteiger partial charge is 0.311 e. The van der Waals surface area contributed by atoms with Crippen LogP contribution >= 0.6 is 0 Å². The van der Waals surface area contributed by atoms with E-state index in [9.17, 15) is 0 Å². The molecule has 1 saturated heterocycles. The lowest BCUT2D eigenvalue weighted by Crippen LogP contribution is -2.53. The number of rotatable bonds is 5. The first-order valence-electron chi connectivity index (χ1n) is 8.66. The number of nitrogens with zero attached hydrogens (tertiary/aromatic N) is 1. The first kappa shape index (κ1) is 15.1. The van der Waals surface area contributed by atoms with Gasteiger partial charge in [0.05, 0.1) is 0 Å². The highest BCUT2D eigenvalue weighted by atomic mass is 15.2. The average molecular weight is 286 g/mol. The average Bonchev–Trinajstić information content (AvgIpc) is 3.15. The molecule has 0 aromatic heterocycles. The van der Waals surface area contributed by atoms with Gasteiger partial charge in [-0.3, -0.25) is 4.90 Å². The van der Waals surface area contributed by atoms with Gasteiger partial charge in [-0.2, -0.15) is 0 Å². The number of hydrogen-bond acceptors (Lipinski definition) is 2. The van der Waals surface area contributed by atoms with Gasteiger partial charge < -0.3 is 5.32 Å².